The number of carbonyl (C=O) groups excluding carboxylic acids is 4. The molecule has 1 atom stereocenters. The van der Waals surface area contributed by atoms with Gasteiger partial charge in [0.25, 0.3) is 11.1 Å². The van der Waals surface area contributed by atoms with Gasteiger partial charge in [-0.1, -0.05) is 36.9 Å². The summed E-state index contributed by atoms with van der Waals surface area (Å²) < 4.78 is 5.05. The third kappa shape index (κ3) is 9.84. The number of alkyl carbamates (subject to hydrolysis) is 1. The number of hydrogen-bond donors (Lipinski definition) is 4. The van der Waals surface area contributed by atoms with Crippen molar-refractivity contribution in [1.29, 1.82) is 0 Å². The van der Waals surface area contributed by atoms with E-state index in [2.05, 4.69) is 21.5 Å². The average Bonchev–Trinajstić information content (AvgIpc) is 2.63. The number of hydrogen-bond acceptors (Lipinski definition) is 6. The van der Waals surface area contributed by atoms with Crippen LogP contribution in [0.4, 0.5) is 15.3 Å². The van der Waals surface area contributed by atoms with Crippen LogP contribution in [-0.2, 0) is 20.7 Å². The van der Waals surface area contributed by atoms with Gasteiger partial charge in [-0.05, 0) is 45.7 Å². The van der Waals surface area contributed by atoms with E-state index in [4.69, 9.17) is 4.74 Å². The maximum Gasteiger partial charge on any atom is 0.408 e. The molecule has 0 fully saturated rings. The fraction of sp³-hybridized carbons (Fsp3) is 0.474. The average molecular weight is 425 g/mol. The molecule has 4 amide bonds. The number of rotatable bonds is 6. The van der Waals surface area contributed by atoms with E-state index in [-0.39, 0.29) is 11.7 Å². The zero-order valence-electron chi connectivity index (χ0n) is 17.3. The first-order valence-corrected chi connectivity index (χ1v) is 10.1. The molecule has 0 bridgehead atoms. The fourth-order valence-corrected chi connectivity index (χ4v) is 2.53. The Morgan fingerprint density at radius 1 is 1.10 bits per heavy atom. The summed E-state index contributed by atoms with van der Waals surface area (Å²) >= 11 is 0.704. The van der Waals surface area contributed by atoms with Gasteiger partial charge in [0.1, 0.15) is 11.6 Å². The second-order valence-electron chi connectivity index (χ2n) is 7.12. The van der Waals surface area contributed by atoms with Gasteiger partial charge in [0, 0.05) is 5.69 Å². The molecule has 0 saturated carbocycles. The molecule has 29 heavy (non-hydrogen) atoms. The van der Waals surface area contributed by atoms with Gasteiger partial charge in [-0.15, -0.1) is 0 Å². The molecule has 9 nitrogen and oxygen atoms in total. The smallest absolute Gasteiger partial charge is 0.408 e. The van der Waals surface area contributed by atoms with Crippen LogP contribution in [0, 0.1) is 0 Å². The number of thioether (sulfide) groups is 1. The zero-order valence-corrected chi connectivity index (χ0v) is 18.1. The van der Waals surface area contributed by atoms with Crippen molar-refractivity contribution >= 4 is 40.6 Å². The molecule has 0 aromatic heterocycles. The van der Waals surface area contributed by atoms with Gasteiger partial charge in [-0.3, -0.25) is 25.2 Å². The molecule has 1 aromatic carbocycles. The van der Waals surface area contributed by atoms with Gasteiger partial charge in [-0.2, -0.15) is 0 Å². The molecular weight excluding hydrogens is 396 g/mol. The molecule has 4 N–H and O–H groups in total. The Kier molecular flexibility index (Phi) is 9.46. The summed E-state index contributed by atoms with van der Waals surface area (Å²) in [6.07, 6.45) is 0.0240. The van der Waals surface area contributed by atoms with Crippen molar-refractivity contribution < 1.29 is 23.9 Å². The Bertz CT molecular complexity index is 748. The molecule has 0 radical (unpaired) electrons. The van der Waals surface area contributed by atoms with Crippen LogP contribution in [0.2, 0.25) is 0 Å². The Balaban J connectivity index is 2.34. The molecule has 0 spiro atoms. The van der Waals surface area contributed by atoms with E-state index in [0.717, 1.165) is 12.0 Å². The molecule has 160 valence electrons. The summed E-state index contributed by atoms with van der Waals surface area (Å²) in [6.45, 7) is 8.52. The molecule has 0 saturated heterocycles. The highest BCUT2D eigenvalue weighted by Gasteiger charge is 2.21. The lowest BCUT2D eigenvalue weighted by Crippen LogP contribution is -2.51. The van der Waals surface area contributed by atoms with Crippen LogP contribution in [0.15, 0.2) is 24.3 Å². The van der Waals surface area contributed by atoms with E-state index in [1.807, 2.05) is 25.1 Å². The van der Waals surface area contributed by atoms with Crippen LogP contribution >= 0.6 is 11.8 Å². The Hall–Kier alpha value is -2.75. The molecular formula is C19H28N4O5S. The van der Waals surface area contributed by atoms with E-state index >= 15 is 0 Å². The standard InChI is InChI=1S/C19H28N4O5S/c1-6-13-9-7-8-10-14(13)21-15(24)11-29-18(27)23-22-16(25)12(2)20-17(26)28-19(3,4)5/h7-10,12H,6,11H2,1-5H3,(H,20,26)(H,21,24)(H,22,25)(H,23,27)/t12-/m0/s1. The fourth-order valence-electron chi connectivity index (χ4n) is 2.07. The third-order valence-corrected chi connectivity index (χ3v) is 4.19. The highest BCUT2D eigenvalue weighted by Crippen LogP contribution is 2.16. The number of nitrogens with one attached hydrogen (secondary N) is 4. The third-order valence-electron chi connectivity index (χ3n) is 3.42. The summed E-state index contributed by atoms with van der Waals surface area (Å²) in [7, 11) is 0. The van der Waals surface area contributed by atoms with Crippen LogP contribution < -0.4 is 21.5 Å². The maximum atomic E-state index is 12.0. The number of aryl methyl sites for hydroxylation is 1. The summed E-state index contributed by atoms with van der Waals surface area (Å²) in [4.78, 5) is 47.4. The summed E-state index contributed by atoms with van der Waals surface area (Å²) in [5.74, 6) is -1.09. The Labute approximate surface area is 174 Å². The van der Waals surface area contributed by atoms with Gasteiger partial charge in [0.2, 0.25) is 5.91 Å². The largest absolute Gasteiger partial charge is 0.444 e. The van der Waals surface area contributed by atoms with Crippen LogP contribution in [-0.4, -0.2) is 40.5 Å². The number of anilines is 1. The first-order chi connectivity index (χ1) is 13.5. The molecule has 0 aliphatic heterocycles. The number of para-hydroxylation sites is 1. The minimum Gasteiger partial charge on any atom is -0.444 e. The van der Waals surface area contributed by atoms with Crippen LogP contribution in [0.5, 0.6) is 0 Å². The summed E-state index contributed by atoms with van der Waals surface area (Å²) in [5, 5.41) is 4.49. The quantitative estimate of drug-likeness (QED) is 0.520. The number of hydrazine groups is 1. The van der Waals surface area contributed by atoms with Crippen LogP contribution in [0.1, 0.15) is 40.2 Å². The second-order valence-corrected chi connectivity index (χ2v) is 8.07. The molecule has 0 unspecified atom stereocenters. The zero-order chi connectivity index (χ0) is 22.0. The van der Waals surface area contributed by atoms with Crippen molar-refractivity contribution in [2.75, 3.05) is 11.1 Å². The highest BCUT2D eigenvalue weighted by atomic mass is 32.2. The lowest BCUT2D eigenvalue weighted by molar-refractivity contribution is -0.123. The Morgan fingerprint density at radius 2 is 1.76 bits per heavy atom. The molecule has 1 aromatic rings. The lowest BCUT2D eigenvalue weighted by atomic mass is 10.1. The maximum absolute atomic E-state index is 12.0. The molecule has 10 heteroatoms. The number of ether oxygens (including phenoxy) is 1. The van der Waals surface area contributed by atoms with Gasteiger partial charge in [0.05, 0.1) is 5.75 Å². The first-order valence-electron chi connectivity index (χ1n) is 9.11. The SMILES string of the molecule is CCc1ccccc1NC(=O)CSC(=O)NNC(=O)[C@H](C)NC(=O)OC(C)(C)C. The second kappa shape index (κ2) is 11.3. The van der Waals surface area contributed by atoms with E-state index < -0.39 is 28.9 Å². The van der Waals surface area contributed by atoms with Crippen molar-refractivity contribution in [1.82, 2.24) is 16.2 Å². The van der Waals surface area contributed by atoms with Gasteiger partial charge < -0.3 is 15.4 Å². The van der Waals surface area contributed by atoms with Gasteiger partial charge >= 0.3 is 6.09 Å². The van der Waals surface area contributed by atoms with E-state index in [9.17, 15) is 19.2 Å². The number of amides is 4. The Morgan fingerprint density at radius 3 is 2.38 bits per heavy atom. The van der Waals surface area contributed by atoms with E-state index in [1.165, 1.54) is 6.92 Å². The number of benzene rings is 1. The summed E-state index contributed by atoms with van der Waals surface area (Å²) in [6, 6.07) is 6.48. The minimum absolute atomic E-state index is 0.120. The highest BCUT2D eigenvalue weighted by molar-refractivity contribution is 8.14. The topological polar surface area (TPSA) is 126 Å². The van der Waals surface area contributed by atoms with Crippen molar-refractivity contribution in [3.05, 3.63) is 29.8 Å². The van der Waals surface area contributed by atoms with Crippen LogP contribution in [0.3, 0.4) is 0 Å². The minimum atomic E-state index is -0.927. The van der Waals surface area contributed by atoms with Crippen molar-refractivity contribution in [3.8, 4) is 0 Å². The van der Waals surface area contributed by atoms with E-state index in [0.29, 0.717) is 17.4 Å². The van der Waals surface area contributed by atoms with E-state index in [1.54, 1.807) is 26.8 Å². The van der Waals surface area contributed by atoms with Gasteiger partial charge in [-0.25, -0.2) is 4.79 Å². The van der Waals surface area contributed by atoms with Crippen molar-refractivity contribution in [3.63, 3.8) is 0 Å². The first kappa shape index (κ1) is 24.3. The van der Waals surface area contributed by atoms with Crippen molar-refractivity contribution in [2.45, 2.75) is 52.7 Å². The number of carbonyl (C=O) groups is 4. The van der Waals surface area contributed by atoms with Crippen LogP contribution in [0.25, 0.3) is 0 Å². The summed E-state index contributed by atoms with van der Waals surface area (Å²) in [5.41, 5.74) is 5.37. The van der Waals surface area contributed by atoms with Crippen molar-refractivity contribution in [2.24, 2.45) is 0 Å². The molecule has 1 rings (SSSR count). The molecule has 0 aliphatic carbocycles. The predicted molar refractivity (Wildman–Crippen MR) is 112 cm³/mol. The predicted octanol–water partition coefficient (Wildman–Crippen LogP) is 2.57. The monoisotopic (exact) mass is 424 g/mol. The van der Waals surface area contributed by atoms with Gasteiger partial charge in [0.15, 0.2) is 0 Å². The molecule has 0 heterocycles. The lowest BCUT2D eigenvalue weighted by Gasteiger charge is -2.21. The normalized spacial score (nSPS) is 11.8. The molecule has 0 aliphatic rings.